The summed E-state index contributed by atoms with van der Waals surface area (Å²) in [6.45, 7) is 7.58. The average Bonchev–Trinajstić information content (AvgIpc) is 2.97. The molecular formula is C18H25N3O3S. The molecule has 1 aliphatic heterocycles. The number of nitrogens with zero attached hydrogens (tertiary/aromatic N) is 2. The summed E-state index contributed by atoms with van der Waals surface area (Å²) < 4.78 is 29.4. The summed E-state index contributed by atoms with van der Waals surface area (Å²) >= 11 is 0. The van der Waals surface area contributed by atoms with Gasteiger partial charge in [0.25, 0.3) is 0 Å². The van der Waals surface area contributed by atoms with Crippen LogP contribution in [0.1, 0.15) is 26.5 Å². The number of fused-ring (bicyclic) bond motifs is 1. The van der Waals surface area contributed by atoms with Crippen molar-refractivity contribution in [3.8, 4) is 0 Å². The molecule has 2 heterocycles. The third-order valence-electron chi connectivity index (χ3n) is 4.54. The first kappa shape index (κ1) is 17.8. The van der Waals surface area contributed by atoms with E-state index in [1.54, 1.807) is 13.8 Å². The van der Waals surface area contributed by atoms with Crippen LogP contribution in [0, 0.1) is 0 Å². The van der Waals surface area contributed by atoms with Crippen molar-refractivity contribution in [2.45, 2.75) is 32.1 Å². The number of guanidine groups is 1. The molecule has 0 aliphatic carbocycles. The highest BCUT2D eigenvalue weighted by molar-refractivity contribution is 7.92. The van der Waals surface area contributed by atoms with Gasteiger partial charge in [-0.05, 0) is 32.9 Å². The summed E-state index contributed by atoms with van der Waals surface area (Å²) in [5.74, 6) is 1.67. The predicted molar refractivity (Wildman–Crippen MR) is 100 cm³/mol. The van der Waals surface area contributed by atoms with Gasteiger partial charge >= 0.3 is 0 Å². The van der Waals surface area contributed by atoms with Gasteiger partial charge < -0.3 is 14.6 Å². The van der Waals surface area contributed by atoms with Gasteiger partial charge in [-0.25, -0.2) is 13.4 Å². The SMILES string of the molecule is CCNC(=NCc1cc2ccccc2o1)N1CCS(=O)(=O)C(C)(C)C1. The number of hydrogen-bond donors (Lipinski definition) is 1. The van der Waals surface area contributed by atoms with E-state index in [4.69, 9.17) is 4.42 Å². The lowest BCUT2D eigenvalue weighted by atomic mass is 10.2. The first-order valence-corrected chi connectivity index (χ1v) is 10.2. The molecule has 1 aliphatic rings. The Balaban J connectivity index is 1.79. The Bertz CT molecular complexity index is 851. The van der Waals surface area contributed by atoms with Crippen LogP contribution in [0.3, 0.4) is 0 Å². The highest BCUT2D eigenvalue weighted by Gasteiger charge is 2.40. The van der Waals surface area contributed by atoms with Crippen LogP contribution in [0.15, 0.2) is 39.7 Å². The minimum Gasteiger partial charge on any atom is -0.459 e. The Morgan fingerprint density at radius 2 is 2.12 bits per heavy atom. The highest BCUT2D eigenvalue weighted by Crippen LogP contribution is 2.24. The normalized spacial score (nSPS) is 20.0. The lowest BCUT2D eigenvalue weighted by molar-refractivity contribution is 0.352. The molecule has 0 unspecified atom stereocenters. The maximum absolute atomic E-state index is 12.2. The number of aliphatic imine (C=N–C) groups is 1. The summed E-state index contributed by atoms with van der Waals surface area (Å²) in [6.07, 6.45) is 0. The molecule has 2 aromatic rings. The number of furan rings is 1. The van der Waals surface area contributed by atoms with Crippen LogP contribution in [-0.2, 0) is 16.4 Å². The van der Waals surface area contributed by atoms with Gasteiger partial charge in [0.05, 0.1) is 10.5 Å². The summed E-state index contributed by atoms with van der Waals surface area (Å²) in [6, 6.07) is 9.86. The molecule has 0 spiro atoms. The number of benzene rings is 1. The summed E-state index contributed by atoms with van der Waals surface area (Å²) in [5, 5.41) is 4.32. The van der Waals surface area contributed by atoms with Gasteiger partial charge in [0, 0.05) is 25.0 Å². The number of sulfone groups is 1. The molecule has 0 amide bonds. The molecule has 1 fully saturated rings. The third kappa shape index (κ3) is 3.66. The topological polar surface area (TPSA) is 74.9 Å². The minimum atomic E-state index is -3.07. The van der Waals surface area contributed by atoms with Crippen molar-refractivity contribution in [1.29, 1.82) is 0 Å². The fourth-order valence-electron chi connectivity index (χ4n) is 3.02. The zero-order valence-corrected chi connectivity index (χ0v) is 15.8. The molecule has 0 saturated carbocycles. The second kappa shape index (κ2) is 6.71. The highest BCUT2D eigenvalue weighted by atomic mass is 32.2. The largest absolute Gasteiger partial charge is 0.459 e. The maximum Gasteiger partial charge on any atom is 0.194 e. The number of hydrogen-bond acceptors (Lipinski definition) is 4. The van der Waals surface area contributed by atoms with Gasteiger partial charge in [-0.1, -0.05) is 18.2 Å². The molecule has 7 heteroatoms. The van der Waals surface area contributed by atoms with Crippen molar-refractivity contribution in [3.63, 3.8) is 0 Å². The molecule has 0 bridgehead atoms. The Kier molecular flexibility index (Phi) is 4.77. The van der Waals surface area contributed by atoms with Gasteiger partial charge in [0.2, 0.25) is 0 Å². The van der Waals surface area contributed by atoms with E-state index in [9.17, 15) is 8.42 Å². The molecule has 0 atom stereocenters. The Labute approximate surface area is 148 Å². The van der Waals surface area contributed by atoms with Gasteiger partial charge in [0.15, 0.2) is 15.8 Å². The van der Waals surface area contributed by atoms with Crippen LogP contribution < -0.4 is 5.32 Å². The first-order chi connectivity index (χ1) is 11.8. The van der Waals surface area contributed by atoms with Gasteiger partial charge in [-0.2, -0.15) is 0 Å². The quantitative estimate of drug-likeness (QED) is 0.669. The first-order valence-electron chi connectivity index (χ1n) is 8.55. The van der Waals surface area contributed by atoms with Crippen molar-refractivity contribution < 1.29 is 12.8 Å². The fraction of sp³-hybridized carbons (Fsp3) is 0.500. The second-order valence-corrected chi connectivity index (χ2v) is 9.66. The van der Waals surface area contributed by atoms with Crippen molar-refractivity contribution in [1.82, 2.24) is 10.2 Å². The molecule has 1 aromatic heterocycles. The predicted octanol–water partition coefficient (Wildman–Crippen LogP) is 2.41. The molecule has 1 aromatic carbocycles. The molecule has 136 valence electrons. The van der Waals surface area contributed by atoms with E-state index in [0.29, 0.717) is 19.6 Å². The molecule has 25 heavy (non-hydrogen) atoms. The molecule has 3 rings (SSSR count). The van der Waals surface area contributed by atoms with Crippen LogP contribution in [0.5, 0.6) is 0 Å². The minimum absolute atomic E-state index is 0.148. The standard InChI is InChI=1S/C18H25N3O3S/c1-4-19-17(21-9-10-25(22,23)18(2,3)13-21)20-12-15-11-14-7-5-6-8-16(14)24-15/h5-8,11H,4,9-10,12-13H2,1-3H3,(H,19,20). The third-order valence-corrected chi connectivity index (χ3v) is 7.07. The van der Waals surface area contributed by atoms with Crippen molar-refractivity contribution in [3.05, 3.63) is 36.1 Å². The molecule has 6 nitrogen and oxygen atoms in total. The lowest BCUT2D eigenvalue weighted by Gasteiger charge is -2.39. The van der Waals surface area contributed by atoms with Crippen LogP contribution in [0.25, 0.3) is 11.0 Å². The summed E-state index contributed by atoms with van der Waals surface area (Å²) in [4.78, 5) is 6.68. The smallest absolute Gasteiger partial charge is 0.194 e. The Morgan fingerprint density at radius 3 is 2.80 bits per heavy atom. The maximum atomic E-state index is 12.2. The second-order valence-electron chi connectivity index (χ2n) is 6.92. The van der Waals surface area contributed by atoms with E-state index < -0.39 is 14.6 Å². The molecular weight excluding hydrogens is 338 g/mol. The zero-order chi connectivity index (χ0) is 18.1. The average molecular weight is 363 g/mol. The summed E-state index contributed by atoms with van der Waals surface area (Å²) in [5.41, 5.74) is 0.850. The van der Waals surface area contributed by atoms with E-state index in [1.165, 1.54) is 0 Å². The van der Waals surface area contributed by atoms with Crippen LogP contribution in [0.2, 0.25) is 0 Å². The van der Waals surface area contributed by atoms with Crippen molar-refractivity contribution in [2.24, 2.45) is 4.99 Å². The molecule has 0 radical (unpaired) electrons. The monoisotopic (exact) mass is 363 g/mol. The van der Waals surface area contributed by atoms with Crippen LogP contribution >= 0.6 is 0 Å². The summed E-state index contributed by atoms with van der Waals surface area (Å²) in [7, 11) is -3.07. The fourth-order valence-corrected chi connectivity index (χ4v) is 4.38. The van der Waals surface area contributed by atoms with Crippen molar-refractivity contribution in [2.75, 3.05) is 25.4 Å². The van der Waals surface area contributed by atoms with E-state index in [2.05, 4.69) is 10.3 Å². The van der Waals surface area contributed by atoms with Gasteiger partial charge in [0.1, 0.15) is 17.9 Å². The van der Waals surface area contributed by atoms with E-state index in [0.717, 1.165) is 29.2 Å². The van der Waals surface area contributed by atoms with Gasteiger partial charge in [-0.15, -0.1) is 0 Å². The zero-order valence-electron chi connectivity index (χ0n) is 14.9. The van der Waals surface area contributed by atoms with Crippen LogP contribution in [0.4, 0.5) is 0 Å². The number of para-hydroxylation sites is 1. The molecule has 1 saturated heterocycles. The van der Waals surface area contributed by atoms with E-state index >= 15 is 0 Å². The Hall–Kier alpha value is -2.02. The molecule has 1 N–H and O–H groups in total. The number of nitrogens with one attached hydrogen (secondary N) is 1. The lowest BCUT2D eigenvalue weighted by Crippen LogP contribution is -2.57. The number of rotatable bonds is 3. The van der Waals surface area contributed by atoms with E-state index in [-0.39, 0.29) is 5.75 Å². The van der Waals surface area contributed by atoms with Crippen molar-refractivity contribution >= 4 is 26.8 Å². The van der Waals surface area contributed by atoms with E-state index in [1.807, 2.05) is 42.2 Å². The van der Waals surface area contributed by atoms with Crippen LogP contribution in [-0.4, -0.2) is 49.4 Å². The van der Waals surface area contributed by atoms with Gasteiger partial charge in [-0.3, -0.25) is 0 Å². The Morgan fingerprint density at radius 1 is 1.36 bits per heavy atom.